The van der Waals surface area contributed by atoms with E-state index in [0.717, 1.165) is 21.8 Å². The van der Waals surface area contributed by atoms with Crippen LogP contribution in [0, 0.1) is 0 Å². The number of aliphatic hydroxyl groups excluding tert-OH is 1. The zero-order valence-electron chi connectivity index (χ0n) is 18.9. The van der Waals surface area contributed by atoms with Gasteiger partial charge in [-0.3, -0.25) is 0 Å². The minimum atomic E-state index is -0.890. The summed E-state index contributed by atoms with van der Waals surface area (Å²) >= 11 is 1.48. The van der Waals surface area contributed by atoms with Crippen molar-refractivity contribution in [2.75, 3.05) is 13.7 Å². The number of fused-ring (bicyclic) bond motifs is 1. The largest absolute Gasteiger partial charge is 0.497 e. The fourth-order valence-corrected chi connectivity index (χ4v) is 5.25. The lowest BCUT2D eigenvalue weighted by Gasteiger charge is -2.47. The fourth-order valence-electron chi connectivity index (χ4n) is 4.18. The Bertz CT molecular complexity index is 1030. The summed E-state index contributed by atoms with van der Waals surface area (Å²) in [5, 5.41) is 11.3. The highest BCUT2D eigenvalue weighted by atomic mass is 32.2. The van der Waals surface area contributed by atoms with Gasteiger partial charge in [0.05, 0.1) is 20.3 Å². The predicted molar refractivity (Wildman–Crippen MR) is 129 cm³/mol. The summed E-state index contributed by atoms with van der Waals surface area (Å²) < 4.78 is 30.1. The molecule has 0 saturated carbocycles. The average molecular weight is 481 g/mol. The summed E-state index contributed by atoms with van der Waals surface area (Å²) in [6.45, 7) is 0.684. The van der Waals surface area contributed by atoms with E-state index in [2.05, 4.69) is 0 Å². The summed E-state index contributed by atoms with van der Waals surface area (Å²) in [5.74, 6) is 0.785. The van der Waals surface area contributed by atoms with E-state index in [1.54, 1.807) is 7.11 Å². The lowest BCUT2D eigenvalue weighted by molar-refractivity contribution is -0.325. The van der Waals surface area contributed by atoms with Gasteiger partial charge >= 0.3 is 0 Å². The van der Waals surface area contributed by atoms with Crippen LogP contribution in [-0.4, -0.2) is 48.7 Å². The van der Waals surface area contributed by atoms with Gasteiger partial charge < -0.3 is 28.8 Å². The molecule has 0 bridgehead atoms. The molecule has 1 N–H and O–H groups in total. The van der Waals surface area contributed by atoms with Gasteiger partial charge in [0.15, 0.2) is 6.29 Å². The van der Waals surface area contributed by atoms with E-state index in [4.69, 9.17) is 23.7 Å². The second-order valence-electron chi connectivity index (χ2n) is 8.26. The summed E-state index contributed by atoms with van der Waals surface area (Å²) in [5.41, 5.74) is 1.39. The Kier molecular flexibility index (Phi) is 7.49. The second-order valence-corrected chi connectivity index (χ2v) is 9.44. The molecular formula is C27H28O6S. The molecule has 0 amide bonds. The predicted octanol–water partition coefficient (Wildman–Crippen LogP) is 4.57. The number of ether oxygens (including phenoxy) is 5. The molecule has 7 heteroatoms. The molecule has 34 heavy (non-hydrogen) atoms. The Labute approximate surface area is 203 Å². The lowest BCUT2D eigenvalue weighted by atomic mass is 9.98. The third-order valence-electron chi connectivity index (χ3n) is 5.98. The Morgan fingerprint density at radius 1 is 0.912 bits per heavy atom. The van der Waals surface area contributed by atoms with Crippen LogP contribution >= 0.6 is 11.8 Å². The number of hydrogen-bond donors (Lipinski definition) is 1. The molecule has 5 rings (SSSR count). The summed E-state index contributed by atoms with van der Waals surface area (Å²) in [6.07, 6.45) is -2.84. The van der Waals surface area contributed by atoms with Crippen LogP contribution in [0.2, 0.25) is 0 Å². The maximum atomic E-state index is 11.3. The van der Waals surface area contributed by atoms with Crippen molar-refractivity contribution in [3.8, 4) is 5.75 Å². The van der Waals surface area contributed by atoms with Crippen LogP contribution in [0.15, 0.2) is 89.8 Å². The van der Waals surface area contributed by atoms with Crippen molar-refractivity contribution in [3.63, 3.8) is 0 Å². The lowest BCUT2D eigenvalue weighted by Crippen LogP contribution is -2.61. The van der Waals surface area contributed by atoms with Crippen LogP contribution in [0.4, 0.5) is 0 Å². The van der Waals surface area contributed by atoms with Crippen molar-refractivity contribution in [1.82, 2.24) is 0 Å². The van der Waals surface area contributed by atoms with Gasteiger partial charge in [-0.2, -0.15) is 0 Å². The molecular weight excluding hydrogens is 452 g/mol. The quantitative estimate of drug-likeness (QED) is 0.531. The first-order chi connectivity index (χ1) is 16.7. The van der Waals surface area contributed by atoms with E-state index >= 15 is 0 Å². The van der Waals surface area contributed by atoms with Crippen molar-refractivity contribution in [2.24, 2.45) is 0 Å². The van der Waals surface area contributed by atoms with Gasteiger partial charge in [0.25, 0.3) is 0 Å². The van der Waals surface area contributed by atoms with E-state index in [1.165, 1.54) is 11.8 Å². The highest BCUT2D eigenvalue weighted by Gasteiger charge is 2.50. The third-order valence-corrected chi connectivity index (χ3v) is 7.14. The fraction of sp³-hybridized carbons (Fsp3) is 0.333. The van der Waals surface area contributed by atoms with Crippen LogP contribution in [-0.2, 0) is 25.6 Å². The van der Waals surface area contributed by atoms with Crippen molar-refractivity contribution < 1.29 is 28.8 Å². The van der Waals surface area contributed by atoms with Crippen molar-refractivity contribution in [2.45, 2.75) is 47.6 Å². The Morgan fingerprint density at radius 2 is 1.62 bits per heavy atom. The van der Waals surface area contributed by atoms with Gasteiger partial charge in [-0.25, -0.2) is 0 Å². The number of benzene rings is 3. The standard InChI is InChI=1S/C27H28O6S/c1-29-20-14-12-18(13-15-20)16-30-25-23(28)27(34-21-10-6-3-7-11-21)32-22-17-31-26(33-24(22)25)19-8-4-2-5-9-19/h2-15,22-28H,16-17H2,1H3/t22-,23+,24-,25-,26?,27-/m1/s1. The topological polar surface area (TPSA) is 66.4 Å². The first-order valence-electron chi connectivity index (χ1n) is 11.3. The van der Waals surface area contributed by atoms with Crippen molar-refractivity contribution >= 4 is 11.8 Å². The number of rotatable bonds is 7. The maximum absolute atomic E-state index is 11.3. The molecule has 6 atom stereocenters. The molecule has 0 radical (unpaired) electrons. The van der Waals surface area contributed by atoms with Gasteiger partial charge in [0, 0.05) is 10.5 Å². The third kappa shape index (κ3) is 5.30. The van der Waals surface area contributed by atoms with E-state index in [0.29, 0.717) is 13.2 Å². The van der Waals surface area contributed by atoms with Gasteiger partial charge in [-0.1, -0.05) is 72.4 Å². The van der Waals surface area contributed by atoms with Gasteiger partial charge in [0.2, 0.25) is 0 Å². The average Bonchev–Trinajstić information content (AvgIpc) is 2.90. The van der Waals surface area contributed by atoms with E-state index in [9.17, 15) is 5.11 Å². The number of hydrogen-bond acceptors (Lipinski definition) is 7. The molecule has 178 valence electrons. The van der Waals surface area contributed by atoms with Gasteiger partial charge in [-0.15, -0.1) is 0 Å². The zero-order chi connectivity index (χ0) is 23.3. The summed E-state index contributed by atoms with van der Waals surface area (Å²) in [7, 11) is 1.64. The molecule has 6 nitrogen and oxygen atoms in total. The van der Waals surface area contributed by atoms with Gasteiger partial charge in [0.1, 0.15) is 35.6 Å². The first-order valence-corrected chi connectivity index (χ1v) is 12.2. The number of methoxy groups -OCH3 is 1. The Balaban J connectivity index is 1.35. The summed E-state index contributed by atoms with van der Waals surface area (Å²) in [6, 6.07) is 27.4. The van der Waals surface area contributed by atoms with E-state index < -0.39 is 30.0 Å². The van der Waals surface area contributed by atoms with E-state index in [-0.39, 0.29) is 6.10 Å². The number of aliphatic hydroxyl groups is 1. The molecule has 2 aliphatic heterocycles. The van der Waals surface area contributed by atoms with Crippen molar-refractivity contribution in [1.29, 1.82) is 0 Å². The van der Waals surface area contributed by atoms with Crippen LogP contribution < -0.4 is 4.74 Å². The minimum absolute atomic E-state index is 0.331. The Hall–Kier alpha value is -2.39. The number of thioether (sulfide) groups is 1. The molecule has 2 fully saturated rings. The molecule has 0 aliphatic carbocycles. The highest BCUT2D eigenvalue weighted by Crippen LogP contribution is 2.40. The van der Waals surface area contributed by atoms with Crippen LogP contribution in [0.25, 0.3) is 0 Å². The van der Waals surface area contributed by atoms with E-state index in [1.807, 2.05) is 84.9 Å². The highest BCUT2D eigenvalue weighted by molar-refractivity contribution is 7.99. The monoisotopic (exact) mass is 480 g/mol. The molecule has 3 aromatic rings. The zero-order valence-corrected chi connectivity index (χ0v) is 19.7. The first kappa shape index (κ1) is 23.4. The molecule has 1 unspecified atom stereocenters. The molecule has 3 aromatic carbocycles. The maximum Gasteiger partial charge on any atom is 0.184 e. The minimum Gasteiger partial charge on any atom is -0.497 e. The molecule has 0 aromatic heterocycles. The molecule has 0 spiro atoms. The smallest absolute Gasteiger partial charge is 0.184 e. The normalized spacial score (nSPS) is 28.8. The molecule has 2 heterocycles. The van der Waals surface area contributed by atoms with Crippen LogP contribution in [0.1, 0.15) is 17.4 Å². The second kappa shape index (κ2) is 10.9. The van der Waals surface area contributed by atoms with Crippen LogP contribution in [0.5, 0.6) is 5.75 Å². The SMILES string of the molecule is COc1ccc(CO[C@@H]2[C@H](O)[C@@H](Sc3ccccc3)O[C@@H]3COC(c4ccccc4)O[C@@H]23)cc1. The summed E-state index contributed by atoms with van der Waals surface area (Å²) in [4.78, 5) is 1.01. The molecule has 2 saturated heterocycles. The van der Waals surface area contributed by atoms with Crippen LogP contribution in [0.3, 0.4) is 0 Å². The van der Waals surface area contributed by atoms with Gasteiger partial charge in [-0.05, 0) is 29.8 Å². The van der Waals surface area contributed by atoms with Crippen molar-refractivity contribution in [3.05, 3.63) is 96.1 Å². The Morgan fingerprint density at radius 3 is 2.32 bits per heavy atom. The molecule has 2 aliphatic rings.